The zero-order valence-corrected chi connectivity index (χ0v) is 26.3. The number of nitrogens with zero attached hydrogens (tertiary/aromatic N) is 1. The first-order valence-corrected chi connectivity index (χ1v) is 15.6. The minimum absolute atomic E-state index is 0.178. The van der Waals surface area contributed by atoms with Crippen molar-refractivity contribution in [2.75, 3.05) is 14.1 Å². The van der Waals surface area contributed by atoms with E-state index >= 15 is 0 Å². The van der Waals surface area contributed by atoms with Gasteiger partial charge in [0, 0.05) is 17.2 Å². The molecule has 0 aromatic heterocycles. The van der Waals surface area contributed by atoms with Crippen molar-refractivity contribution in [2.45, 2.75) is 50.9 Å². The van der Waals surface area contributed by atoms with E-state index in [0.29, 0.717) is 23.5 Å². The number of hydrogen-bond donors (Lipinski definition) is 2. The van der Waals surface area contributed by atoms with Crippen molar-refractivity contribution in [3.8, 4) is 0 Å². The van der Waals surface area contributed by atoms with Gasteiger partial charge in [-0.2, -0.15) is 0 Å². The lowest BCUT2D eigenvalue weighted by Crippen LogP contribution is -2.59. The maximum Gasteiger partial charge on any atom is 0.124 e. The van der Waals surface area contributed by atoms with E-state index in [0.717, 1.165) is 53.7 Å². The number of ether oxygens (including phenoxy) is 1. The van der Waals surface area contributed by atoms with Crippen LogP contribution >= 0.6 is 0 Å². The van der Waals surface area contributed by atoms with Crippen LogP contribution < -0.4 is 5.73 Å². The molecule has 0 radical (unpaired) electrons. The van der Waals surface area contributed by atoms with Crippen molar-refractivity contribution in [3.63, 3.8) is 0 Å². The Morgan fingerprint density at radius 3 is 2.25 bits per heavy atom. The second kappa shape index (κ2) is 11.8. The van der Waals surface area contributed by atoms with Gasteiger partial charge in [-0.3, -0.25) is 4.90 Å². The Kier molecular flexibility index (Phi) is 8.00. The van der Waals surface area contributed by atoms with E-state index in [1.807, 2.05) is 32.3 Å². The molecule has 3 aliphatic carbocycles. The van der Waals surface area contributed by atoms with E-state index in [1.165, 1.54) is 22.3 Å². The second-order valence-corrected chi connectivity index (χ2v) is 12.9. The molecule has 0 heterocycles. The molecule has 0 saturated heterocycles. The van der Waals surface area contributed by atoms with Crippen LogP contribution in [0.4, 0.5) is 0 Å². The SMILES string of the molecule is C=C(N)C1=C(OCc2ccccc2)[C@@H](N(C)C)C2C[C@@H]3Cc4cccc(CCc5ccccc5)c4C(=C)C3=C(C)[C@]2(O)C1=C. The summed E-state index contributed by atoms with van der Waals surface area (Å²) < 4.78 is 6.60. The highest BCUT2D eigenvalue weighted by molar-refractivity contribution is 5.85. The zero-order chi connectivity index (χ0) is 31.2. The van der Waals surface area contributed by atoms with Gasteiger partial charge in [-0.05, 0) is 103 Å². The fraction of sp³-hybridized carbons (Fsp3) is 0.300. The standard InChI is InChI=1S/C40H44N2O2/c1-25-35-26(2)40(43)27(3)37(28(4)41)39(44-24-30-16-11-8-12-17-30)38(42(5)6)34(40)23-33(35)22-32-19-13-18-31(36(25)32)21-20-29-14-9-7-10-15-29/h7-19,33-34,38,43H,1,3-4,20-24,41H2,2,5-6H3/t33-,34?,38-,40-/m0/s1. The van der Waals surface area contributed by atoms with Crippen molar-refractivity contribution in [1.29, 1.82) is 0 Å². The topological polar surface area (TPSA) is 58.7 Å². The van der Waals surface area contributed by atoms with Crippen molar-refractivity contribution in [2.24, 2.45) is 17.6 Å². The third kappa shape index (κ3) is 4.96. The van der Waals surface area contributed by atoms with Crippen LogP contribution in [0.3, 0.4) is 0 Å². The smallest absolute Gasteiger partial charge is 0.124 e. The van der Waals surface area contributed by atoms with Crippen molar-refractivity contribution in [3.05, 3.63) is 160 Å². The van der Waals surface area contributed by atoms with E-state index < -0.39 is 5.60 Å². The fourth-order valence-electron chi connectivity index (χ4n) is 8.10. The van der Waals surface area contributed by atoms with Crippen LogP contribution in [0.2, 0.25) is 0 Å². The maximum absolute atomic E-state index is 12.9. The molecule has 0 fully saturated rings. The molecule has 226 valence electrons. The molecule has 4 nitrogen and oxygen atoms in total. The van der Waals surface area contributed by atoms with Crippen LogP contribution in [0.5, 0.6) is 0 Å². The molecule has 0 bridgehead atoms. The van der Waals surface area contributed by atoms with Crippen LogP contribution in [0.15, 0.2) is 132 Å². The number of likely N-dealkylation sites (N-methyl/N-ethyl adjacent to an activating group) is 1. The van der Waals surface area contributed by atoms with Gasteiger partial charge in [-0.25, -0.2) is 0 Å². The van der Waals surface area contributed by atoms with Crippen LogP contribution in [0.1, 0.15) is 41.2 Å². The molecular formula is C40H44N2O2. The molecular weight excluding hydrogens is 540 g/mol. The molecule has 6 rings (SSSR count). The zero-order valence-electron chi connectivity index (χ0n) is 26.3. The molecule has 3 N–H and O–H groups in total. The fourth-order valence-corrected chi connectivity index (χ4v) is 8.10. The Morgan fingerprint density at radius 2 is 1.61 bits per heavy atom. The van der Waals surface area contributed by atoms with Crippen LogP contribution in [-0.4, -0.2) is 35.7 Å². The Bertz CT molecular complexity index is 1680. The van der Waals surface area contributed by atoms with E-state index in [2.05, 4.69) is 85.6 Å². The third-order valence-electron chi connectivity index (χ3n) is 10.1. The normalized spacial score (nSPS) is 24.6. The third-order valence-corrected chi connectivity index (χ3v) is 10.1. The summed E-state index contributed by atoms with van der Waals surface area (Å²) in [4.78, 5) is 2.15. The minimum atomic E-state index is -1.31. The molecule has 3 aliphatic rings. The summed E-state index contributed by atoms with van der Waals surface area (Å²) in [6, 6.07) is 27.2. The van der Waals surface area contributed by atoms with Gasteiger partial charge >= 0.3 is 0 Å². The van der Waals surface area contributed by atoms with Gasteiger partial charge in [-0.1, -0.05) is 98.6 Å². The lowest BCUT2D eigenvalue weighted by atomic mass is 9.55. The Morgan fingerprint density at radius 1 is 0.955 bits per heavy atom. The Hall–Kier alpha value is -4.12. The van der Waals surface area contributed by atoms with Crippen LogP contribution in [0, 0.1) is 11.8 Å². The van der Waals surface area contributed by atoms with Gasteiger partial charge in [0.25, 0.3) is 0 Å². The number of aryl methyl sites for hydroxylation is 2. The summed E-state index contributed by atoms with van der Waals surface area (Å²) in [5.41, 5.74) is 16.1. The van der Waals surface area contributed by atoms with E-state index in [1.54, 1.807) is 0 Å². The monoisotopic (exact) mass is 584 g/mol. The highest BCUT2D eigenvalue weighted by Crippen LogP contribution is 2.58. The quantitative estimate of drug-likeness (QED) is 0.295. The highest BCUT2D eigenvalue weighted by atomic mass is 16.5. The molecule has 1 unspecified atom stereocenters. The number of fused-ring (bicyclic) bond motifs is 3. The molecule has 44 heavy (non-hydrogen) atoms. The first-order valence-electron chi connectivity index (χ1n) is 15.6. The number of rotatable bonds is 8. The molecule has 3 aromatic carbocycles. The highest BCUT2D eigenvalue weighted by Gasteiger charge is 2.57. The van der Waals surface area contributed by atoms with Crippen molar-refractivity contribution in [1.82, 2.24) is 4.90 Å². The summed E-state index contributed by atoms with van der Waals surface area (Å²) in [7, 11) is 4.09. The second-order valence-electron chi connectivity index (χ2n) is 12.9. The minimum Gasteiger partial charge on any atom is -0.491 e. The number of nitrogens with two attached hydrogens (primary N) is 1. The summed E-state index contributed by atoms with van der Waals surface area (Å²) >= 11 is 0. The van der Waals surface area contributed by atoms with Gasteiger partial charge in [-0.15, -0.1) is 0 Å². The lowest BCUT2D eigenvalue weighted by Gasteiger charge is -2.55. The largest absolute Gasteiger partial charge is 0.491 e. The van der Waals surface area contributed by atoms with Crippen molar-refractivity contribution < 1.29 is 9.84 Å². The summed E-state index contributed by atoms with van der Waals surface area (Å²) in [6.07, 6.45) is 3.60. The first-order chi connectivity index (χ1) is 21.1. The van der Waals surface area contributed by atoms with Crippen molar-refractivity contribution >= 4 is 5.57 Å². The van der Waals surface area contributed by atoms with Crippen LogP contribution in [-0.2, 0) is 30.6 Å². The molecule has 0 amide bonds. The molecule has 4 heteroatoms. The predicted molar refractivity (Wildman–Crippen MR) is 180 cm³/mol. The molecule has 3 aromatic rings. The molecule has 0 spiro atoms. The Balaban J connectivity index is 1.42. The average Bonchev–Trinajstić information content (AvgIpc) is 3.01. The van der Waals surface area contributed by atoms with Gasteiger partial charge in [0.05, 0.1) is 6.04 Å². The van der Waals surface area contributed by atoms with Gasteiger partial charge < -0.3 is 15.6 Å². The number of aliphatic hydroxyl groups is 1. The van der Waals surface area contributed by atoms with E-state index in [4.69, 9.17) is 17.0 Å². The summed E-state index contributed by atoms with van der Waals surface area (Å²) in [5.74, 6) is 0.793. The van der Waals surface area contributed by atoms with E-state index in [9.17, 15) is 5.11 Å². The predicted octanol–water partition coefficient (Wildman–Crippen LogP) is 7.17. The Labute approximate surface area is 262 Å². The maximum atomic E-state index is 12.9. The summed E-state index contributed by atoms with van der Waals surface area (Å²) in [5, 5.41) is 12.9. The van der Waals surface area contributed by atoms with Crippen LogP contribution in [0.25, 0.3) is 5.57 Å². The average molecular weight is 585 g/mol. The first kappa shape index (κ1) is 29.9. The lowest BCUT2D eigenvalue weighted by molar-refractivity contribution is -0.0269. The molecule has 4 atom stereocenters. The van der Waals surface area contributed by atoms with E-state index in [-0.39, 0.29) is 17.9 Å². The number of allylic oxidation sites excluding steroid dienone is 3. The number of hydrogen-bond acceptors (Lipinski definition) is 4. The van der Waals surface area contributed by atoms with Gasteiger partial charge in [0.2, 0.25) is 0 Å². The van der Waals surface area contributed by atoms with Gasteiger partial charge in [0.15, 0.2) is 0 Å². The molecule has 0 aliphatic heterocycles. The number of benzene rings is 3. The molecule has 0 saturated carbocycles. The summed E-state index contributed by atoms with van der Waals surface area (Å²) in [6.45, 7) is 15.8. The van der Waals surface area contributed by atoms with Gasteiger partial charge in [0.1, 0.15) is 18.0 Å².